The highest BCUT2D eigenvalue weighted by Crippen LogP contribution is 2.22. The first-order valence-electron chi connectivity index (χ1n) is 13.7. The SMILES string of the molecule is Cc1ccccc1OCc1cnc[nH]1.Clc1cccc(OCc2cnc[nH]2)c1.c1ncc(COc2ccc3ccoc3c2)[nH]1. The molecule has 0 saturated carbocycles. The van der Waals surface area contributed by atoms with E-state index in [1.54, 1.807) is 49.9 Å². The summed E-state index contributed by atoms with van der Waals surface area (Å²) in [5, 5.41) is 1.75. The lowest BCUT2D eigenvalue weighted by molar-refractivity contribution is 0.300. The fourth-order valence-electron chi connectivity index (χ4n) is 3.87. The molecule has 0 aliphatic heterocycles. The molecule has 4 aromatic heterocycles. The molecular weight excluding hydrogens is 580 g/mol. The predicted octanol–water partition coefficient (Wildman–Crippen LogP) is 7.67. The fourth-order valence-corrected chi connectivity index (χ4v) is 4.05. The van der Waals surface area contributed by atoms with Crippen LogP contribution in [-0.4, -0.2) is 29.9 Å². The molecular formula is C33H31ClN6O4. The molecule has 0 spiro atoms. The first kappa shape index (κ1) is 30.0. The number of rotatable bonds is 9. The molecule has 11 heteroatoms. The average molecular weight is 611 g/mol. The number of benzene rings is 3. The molecule has 10 nitrogen and oxygen atoms in total. The van der Waals surface area contributed by atoms with Gasteiger partial charge in [-0.3, -0.25) is 0 Å². The van der Waals surface area contributed by atoms with E-state index in [4.69, 9.17) is 30.2 Å². The third-order valence-electron chi connectivity index (χ3n) is 6.15. The number of aromatic nitrogens is 6. The molecule has 224 valence electrons. The van der Waals surface area contributed by atoms with Gasteiger partial charge in [-0.05, 0) is 55.0 Å². The van der Waals surface area contributed by atoms with Crippen LogP contribution in [0.25, 0.3) is 11.0 Å². The second kappa shape index (κ2) is 15.7. The standard InChI is InChI=1S/C12H10N2O2.C11H12N2O.C10H9ClN2O/c1-2-11(5-12-9(1)3-4-15-12)16-7-10-6-13-8-14-10;1-9-4-2-3-5-11(9)14-7-10-6-12-8-13-10;11-8-2-1-3-10(4-8)14-6-9-5-12-7-13-9/h1-6,8H,7H2,(H,13,14);2-6,8H,7H2,1H3,(H,12,13);1-5,7H,6H2,(H,12,13). The lowest BCUT2D eigenvalue weighted by atomic mass is 10.2. The summed E-state index contributed by atoms with van der Waals surface area (Å²) in [6.45, 7) is 3.51. The topological polar surface area (TPSA) is 127 Å². The smallest absolute Gasteiger partial charge is 0.137 e. The summed E-state index contributed by atoms with van der Waals surface area (Å²) >= 11 is 5.81. The Labute approximate surface area is 259 Å². The van der Waals surface area contributed by atoms with Crippen molar-refractivity contribution in [3.05, 3.63) is 144 Å². The highest BCUT2D eigenvalue weighted by molar-refractivity contribution is 6.30. The molecule has 0 fully saturated rings. The van der Waals surface area contributed by atoms with Gasteiger partial charge in [0.1, 0.15) is 42.7 Å². The zero-order valence-electron chi connectivity index (χ0n) is 23.9. The van der Waals surface area contributed by atoms with Crippen LogP contribution in [0, 0.1) is 6.92 Å². The number of hydrogen-bond donors (Lipinski definition) is 3. The van der Waals surface area contributed by atoms with Gasteiger partial charge in [0.05, 0.1) is 60.9 Å². The maximum absolute atomic E-state index is 5.81. The Bertz CT molecular complexity index is 1800. The van der Waals surface area contributed by atoms with Crippen LogP contribution in [0.4, 0.5) is 0 Å². The maximum atomic E-state index is 5.81. The number of para-hydroxylation sites is 1. The number of imidazole rings is 3. The number of nitrogens with zero attached hydrogens (tertiary/aromatic N) is 3. The third kappa shape index (κ3) is 9.27. The number of halogens is 1. The van der Waals surface area contributed by atoms with Crippen LogP contribution in [0.2, 0.25) is 5.02 Å². The highest BCUT2D eigenvalue weighted by Gasteiger charge is 2.02. The summed E-state index contributed by atoms with van der Waals surface area (Å²) in [6, 6.07) is 23.0. The van der Waals surface area contributed by atoms with Crippen molar-refractivity contribution in [1.29, 1.82) is 0 Å². The van der Waals surface area contributed by atoms with Crippen LogP contribution >= 0.6 is 11.6 Å². The highest BCUT2D eigenvalue weighted by atomic mass is 35.5. The van der Waals surface area contributed by atoms with E-state index in [1.807, 2.05) is 73.7 Å². The number of aromatic amines is 3. The Morgan fingerprint density at radius 3 is 1.86 bits per heavy atom. The van der Waals surface area contributed by atoms with Gasteiger partial charge in [-0.2, -0.15) is 0 Å². The van der Waals surface area contributed by atoms with E-state index < -0.39 is 0 Å². The van der Waals surface area contributed by atoms with E-state index in [1.165, 1.54) is 0 Å². The second-order valence-corrected chi connectivity index (χ2v) is 9.88. The van der Waals surface area contributed by atoms with Gasteiger partial charge in [-0.1, -0.05) is 35.9 Å². The number of ether oxygens (including phenoxy) is 3. The van der Waals surface area contributed by atoms with E-state index in [2.05, 4.69) is 29.9 Å². The van der Waals surface area contributed by atoms with Crippen LogP contribution in [0.1, 0.15) is 22.6 Å². The second-order valence-electron chi connectivity index (χ2n) is 9.44. The van der Waals surface area contributed by atoms with Crippen LogP contribution in [0.15, 0.2) is 121 Å². The molecule has 0 unspecified atom stereocenters. The molecule has 0 amide bonds. The largest absolute Gasteiger partial charge is 0.487 e. The number of H-pyrrole nitrogens is 3. The molecule has 0 bridgehead atoms. The number of fused-ring (bicyclic) bond motifs is 1. The predicted molar refractivity (Wildman–Crippen MR) is 168 cm³/mol. The summed E-state index contributed by atoms with van der Waals surface area (Å²) in [5.74, 6) is 2.46. The van der Waals surface area contributed by atoms with Gasteiger partial charge < -0.3 is 33.6 Å². The van der Waals surface area contributed by atoms with Crippen molar-refractivity contribution in [1.82, 2.24) is 29.9 Å². The lowest BCUT2D eigenvalue weighted by Gasteiger charge is -2.06. The van der Waals surface area contributed by atoms with Crippen molar-refractivity contribution in [2.75, 3.05) is 0 Å². The van der Waals surface area contributed by atoms with Crippen LogP contribution in [0.5, 0.6) is 17.2 Å². The number of hydrogen-bond acceptors (Lipinski definition) is 7. The molecule has 4 heterocycles. The van der Waals surface area contributed by atoms with Crippen LogP contribution < -0.4 is 14.2 Å². The Kier molecular flexibility index (Phi) is 10.7. The van der Waals surface area contributed by atoms with Crippen molar-refractivity contribution >= 4 is 22.6 Å². The van der Waals surface area contributed by atoms with Crippen molar-refractivity contribution in [2.24, 2.45) is 0 Å². The zero-order chi connectivity index (χ0) is 30.4. The van der Waals surface area contributed by atoms with E-state index in [9.17, 15) is 0 Å². The molecule has 0 saturated heterocycles. The van der Waals surface area contributed by atoms with Crippen LogP contribution in [-0.2, 0) is 19.8 Å². The molecule has 7 rings (SSSR count). The fraction of sp³-hybridized carbons (Fsp3) is 0.121. The zero-order valence-corrected chi connectivity index (χ0v) is 24.7. The van der Waals surface area contributed by atoms with Gasteiger partial charge in [0, 0.05) is 16.5 Å². The van der Waals surface area contributed by atoms with Crippen molar-refractivity contribution in [2.45, 2.75) is 26.7 Å². The third-order valence-corrected chi connectivity index (χ3v) is 6.39. The normalized spacial score (nSPS) is 10.3. The average Bonchev–Trinajstić information content (AvgIpc) is 3.87. The summed E-state index contributed by atoms with van der Waals surface area (Å²) in [5.41, 5.74) is 4.84. The molecule has 7 aromatic rings. The maximum Gasteiger partial charge on any atom is 0.137 e. The molecule has 0 atom stereocenters. The van der Waals surface area contributed by atoms with Gasteiger partial charge in [0.2, 0.25) is 0 Å². The van der Waals surface area contributed by atoms with Gasteiger partial charge in [-0.25, -0.2) is 15.0 Å². The molecule has 3 aromatic carbocycles. The minimum atomic E-state index is 0.473. The van der Waals surface area contributed by atoms with E-state index in [0.29, 0.717) is 24.8 Å². The summed E-state index contributed by atoms with van der Waals surface area (Å²) in [7, 11) is 0. The van der Waals surface area contributed by atoms with E-state index in [-0.39, 0.29) is 0 Å². The minimum Gasteiger partial charge on any atom is -0.487 e. The Morgan fingerprint density at radius 2 is 1.27 bits per heavy atom. The van der Waals surface area contributed by atoms with Gasteiger partial charge in [0.15, 0.2) is 0 Å². The van der Waals surface area contributed by atoms with Gasteiger partial charge in [0.25, 0.3) is 0 Å². The van der Waals surface area contributed by atoms with Crippen molar-refractivity contribution in [3.63, 3.8) is 0 Å². The molecule has 44 heavy (non-hydrogen) atoms. The summed E-state index contributed by atoms with van der Waals surface area (Å²) in [4.78, 5) is 20.7. The molecule has 0 aliphatic rings. The Balaban J connectivity index is 0.000000131. The van der Waals surface area contributed by atoms with Crippen molar-refractivity contribution in [3.8, 4) is 17.2 Å². The van der Waals surface area contributed by atoms with Crippen molar-refractivity contribution < 1.29 is 18.6 Å². The lowest BCUT2D eigenvalue weighted by Crippen LogP contribution is -1.96. The number of nitrogens with one attached hydrogen (secondary N) is 3. The molecule has 3 N–H and O–H groups in total. The summed E-state index contributed by atoms with van der Waals surface area (Å²) < 4.78 is 22.0. The Morgan fingerprint density at radius 1 is 0.659 bits per heavy atom. The monoisotopic (exact) mass is 610 g/mol. The first-order valence-corrected chi connectivity index (χ1v) is 14.1. The van der Waals surface area contributed by atoms with E-state index >= 15 is 0 Å². The summed E-state index contributed by atoms with van der Waals surface area (Å²) in [6.07, 6.45) is 11.8. The Hall–Kier alpha value is -5.48. The van der Waals surface area contributed by atoms with Gasteiger partial charge >= 0.3 is 0 Å². The molecule has 0 aliphatic carbocycles. The quantitative estimate of drug-likeness (QED) is 0.153. The minimum absolute atomic E-state index is 0.473. The molecule has 0 radical (unpaired) electrons. The number of aryl methyl sites for hydroxylation is 1. The first-order chi connectivity index (χ1) is 21.6. The van der Waals surface area contributed by atoms with Gasteiger partial charge in [-0.15, -0.1) is 0 Å². The van der Waals surface area contributed by atoms with Crippen LogP contribution in [0.3, 0.4) is 0 Å². The van der Waals surface area contributed by atoms with E-state index in [0.717, 1.165) is 50.9 Å². The number of furan rings is 1.